The Morgan fingerprint density at radius 2 is 2.00 bits per heavy atom. The van der Waals surface area contributed by atoms with Crippen LogP contribution in [-0.2, 0) is 0 Å². The zero-order valence-corrected chi connectivity index (χ0v) is 11.6. The highest BCUT2D eigenvalue weighted by Crippen LogP contribution is 2.26. The standard InChI is InChI=1S/C14H22N4O/c1-3-18(4-2)8-7-15-14(19)11-5-6-12-13(9-11)17-10-16-12/h5-6,9,16-17H,3-4,7-8,10H2,1-2H3,(H,15,19). The molecule has 1 aromatic carbocycles. The quantitative estimate of drug-likeness (QED) is 0.728. The fourth-order valence-electron chi connectivity index (χ4n) is 2.19. The van der Waals surface area contributed by atoms with Crippen molar-refractivity contribution in [3.63, 3.8) is 0 Å². The molecule has 0 radical (unpaired) electrons. The van der Waals surface area contributed by atoms with E-state index in [9.17, 15) is 4.79 Å². The fourth-order valence-corrected chi connectivity index (χ4v) is 2.19. The van der Waals surface area contributed by atoms with Gasteiger partial charge >= 0.3 is 0 Å². The van der Waals surface area contributed by atoms with Crippen molar-refractivity contribution in [2.45, 2.75) is 13.8 Å². The lowest BCUT2D eigenvalue weighted by Crippen LogP contribution is -2.34. The van der Waals surface area contributed by atoms with Crippen LogP contribution in [0.2, 0.25) is 0 Å². The van der Waals surface area contributed by atoms with Gasteiger partial charge in [0, 0.05) is 18.7 Å². The highest BCUT2D eigenvalue weighted by atomic mass is 16.1. The van der Waals surface area contributed by atoms with Crippen molar-refractivity contribution < 1.29 is 4.79 Å². The average Bonchev–Trinajstić information content (AvgIpc) is 2.90. The molecule has 5 nitrogen and oxygen atoms in total. The largest absolute Gasteiger partial charge is 0.366 e. The van der Waals surface area contributed by atoms with Gasteiger partial charge in [-0.25, -0.2) is 0 Å². The second kappa shape index (κ2) is 6.43. The lowest BCUT2D eigenvalue weighted by Gasteiger charge is -2.18. The summed E-state index contributed by atoms with van der Waals surface area (Å²) in [6.45, 7) is 8.59. The molecule has 0 saturated carbocycles. The number of rotatable bonds is 6. The molecule has 0 unspecified atom stereocenters. The van der Waals surface area contributed by atoms with Crippen molar-refractivity contribution in [3.05, 3.63) is 23.8 Å². The maximum atomic E-state index is 12.0. The summed E-state index contributed by atoms with van der Waals surface area (Å²) in [4.78, 5) is 14.3. The molecule has 1 aromatic rings. The molecule has 0 spiro atoms. The summed E-state index contributed by atoms with van der Waals surface area (Å²) < 4.78 is 0. The van der Waals surface area contributed by atoms with Gasteiger partial charge in [-0.1, -0.05) is 13.8 Å². The number of nitrogens with one attached hydrogen (secondary N) is 3. The molecule has 0 fully saturated rings. The number of hydrogen-bond acceptors (Lipinski definition) is 4. The molecular formula is C14H22N4O. The zero-order chi connectivity index (χ0) is 13.7. The van der Waals surface area contributed by atoms with Gasteiger partial charge < -0.3 is 20.9 Å². The van der Waals surface area contributed by atoms with Crippen LogP contribution in [0.3, 0.4) is 0 Å². The Kier molecular flexibility index (Phi) is 4.63. The molecule has 0 bridgehead atoms. The van der Waals surface area contributed by atoms with Crippen LogP contribution in [-0.4, -0.2) is 43.7 Å². The predicted octanol–water partition coefficient (Wildman–Crippen LogP) is 1.55. The molecule has 1 heterocycles. The van der Waals surface area contributed by atoms with Crippen molar-refractivity contribution >= 4 is 17.3 Å². The Bertz CT molecular complexity index is 443. The topological polar surface area (TPSA) is 56.4 Å². The first-order valence-corrected chi connectivity index (χ1v) is 6.87. The minimum absolute atomic E-state index is 0.0105. The summed E-state index contributed by atoms with van der Waals surface area (Å²) in [6.07, 6.45) is 0. The first-order chi connectivity index (χ1) is 9.24. The SMILES string of the molecule is CCN(CC)CCNC(=O)c1ccc2c(c1)NCN2. The van der Waals surface area contributed by atoms with Gasteiger partial charge in [-0.3, -0.25) is 4.79 Å². The van der Waals surface area contributed by atoms with Crippen LogP contribution < -0.4 is 16.0 Å². The summed E-state index contributed by atoms with van der Waals surface area (Å²) in [7, 11) is 0. The van der Waals surface area contributed by atoms with Gasteiger partial charge in [0.15, 0.2) is 0 Å². The van der Waals surface area contributed by atoms with Crippen molar-refractivity contribution in [2.24, 2.45) is 0 Å². The molecule has 0 aliphatic carbocycles. The van der Waals surface area contributed by atoms with Crippen LogP contribution in [0.4, 0.5) is 11.4 Å². The highest BCUT2D eigenvalue weighted by molar-refractivity contribution is 5.96. The van der Waals surface area contributed by atoms with Gasteiger partial charge in [-0.2, -0.15) is 0 Å². The Morgan fingerprint density at radius 1 is 1.26 bits per heavy atom. The molecule has 0 aromatic heterocycles. The number of amides is 1. The van der Waals surface area contributed by atoms with E-state index in [1.165, 1.54) is 0 Å². The van der Waals surface area contributed by atoms with Crippen LogP contribution in [0.15, 0.2) is 18.2 Å². The van der Waals surface area contributed by atoms with Crippen LogP contribution in [0.1, 0.15) is 24.2 Å². The Balaban J connectivity index is 1.86. The summed E-state index contributed by atoms with van der Waals surface area (Å²) in [5.74, 6) is -0.0105. The Hall–Kier alpha value is -1.75. The Morgan fingerprint density at radius 3 is 2.74 bits per heavy atom. The van der Waals surface area contributed by atoms with Crippen molar-refractivity contribution in [1.29, 1.82) is 0 Å². The third-order valence-corrected chi connectivity index (χ3v) is 3.45. The third-order valence-electron chi connectivity index (χ3n) is 3.45. The second-order valence-corrected chi connectivity index (χ2v) is 4.57. The van der Waals surface area contributed by atoms with E-state index in [0.717, 1.165) is 37.7 Å². The predicted molar refractivity (Wildman–Crippen MR) is 78.7 cm³/mol. The van der Waals surface area contributed by atoms with E-state index in [2.05, 4.69) is 34.7 Å². The normalized spacial score (nSPS) is 12.8. The molecule has 1 aliphatic heterocycles. The molecule has 2 rings (SSSR count). The number of carbonyl (C=O) groups excluding carboxylic acids is 1. The van der Waals surface area contributed by atoms with E-state index in [4.69, 9.17) is 0 Å². The van der Waals surface area contributed by atoms with Crippen LogP contribution in [0.25, 0.3) is 0 Å². The van der Waals surface area contributed by atoms with Gasteiger partial charge in [0.2, 0.25) is 0 Å². The second-order valence-electron chi connectivity index (χ2n) is 4.57. The van der Waals surface area contributed by atoms with E-state index >= 15 is 0 Å². The fraction of sp³-hybridized carbons (Fsp3) is 0.500. The number of hydrogen-bond donors (Lipinski definition) is 3. The van der Waals surface area contributed by atoms with Gasteiger partial charge in [0.25, 0.3) is 5.91 Å². The number of likely N-dealkylation sites (N-methyl/N-ethyl adjacent to an activating group) is 1. The van der Waals surface area contributed by atoms with E-state index in [1.54, 1.807) is 0 Å². The summed E-state index contributed by atoms with van der Waals surface area (Å²) in [6, 6.07) is 5.68. The summed E-state index contributed by atoms with van der Waals surface area (Å²) in [5, 5.41) is 9.34. The van der Waals surface area contributed by atoms with Gasteiger partial charge in [-0.05, 0) is 31.3 Å². The molecule has 0 atom stereocenters. The van der Waals surface area contributed by atoms with E-state index in [1.807, 2.05) is 18.2 Å². The summed E-state index contributed by atoms with van der Waals surface area (Å²) in [5.41, 5.74) is 2.76. The molecule has 0 saturated heterocycles. The maximum Gasteiger partial charge on any atom is 0.251 e. The molecule has 104 valence electrons. The lowest BCUT2D eigenvalue weighted by atomic mass is 10.1. The van der Waals surface area contributed by atoms with Gasteiger partial charge in [0.1, 0.15) is 0 Å². The highest BCUT2D eigenvalue weighted by Gasteiger charge is 2.12. The molecule has 1 aliphatic rings. The molecular weight excluding hydrogens is 240 g/mol. The molecule has 3 N–H and O–H groups in total. The van der Waals surface area contributed by atoms with E-state index in [-0.39, 0.29) is 5.91 Å². The van der Waals surface area contributed by atoms with Gasteiger partial charge in [0.05, 0.1) is 18.0 Å². The number of nitrogens with zero attached hydrogens (tertiary/aromatic N) is 1. The number of anilines is 2. The van der Waals surface area contributed by atoms with Crippen LogP contribution in [0, 0.1) is 0 Å². The minimum atomic E-state index is -0.0105. The average molecular weight is 262 g/mol. The zero-order valence-electron chi connectivity index (χ0n) is 11.6. The Labute approximate surface area is 114 Å². The molecule has 1 amide bonds. The van der Waals surface area contributed by atoms with Crippen LogP contribution in [0.5, 0.6) is 0 Å². The lowest BCUT2D eigenvalue weighted by molar-refractivity contribution is 0.0949. The smallest absolute Gasteiger partial charge is 0.251 e. The first-order valence-electron chi connectivity index (χ1n) is 6.87. The minimum Gasteiger partial charge on any atom is -0.366 e. The summed E-state index contributed by atoms with van der Waals surface area (Å²) >= 11 is 0. The molecule has 19 heavy (non-hydrogen) atoms. The first kappa shape index (κ1) is 13.7. The van der Waals surface area contributed by atoms with Crippen molar-refractivity contribution in [2.75, 3.05) is 43.5 Å². The monoisotopic (exact) mass is 262 g/mol. The third kappa shape index (κ3) is 3.38. The van der Waals surface area contributed by atoms with Crippen LogP contribution >= 0.6 is 0 Å². The van der Waals surface area contributed by atoms with E-state index in [0.29, 0.717) is 12.1 Å². The maximum absolute atomic E-state index is 12.0. The molecule has 5 heteroatoms. The van der Waals surface area contributed by atoms with Gasteiger partial charge in [-0.15, -0.1) is 0 Å². The number of carbonyl (C=O) groups is 1. The van der Waals surface area contributed by atoms with Crippen molar-refractivity contribution in [1.82, 2.24) is 10.2 Å². The van der Waals surface area contributed by atoms with E-state index < -0.39 is 0 Å². The number of benzene rings is 1. The number of fused-ring (bicyclic) bond motifs is 1. The van der Waals surface area contributed by atoms with Crippen molar-refractivity contribution in [3.8, 4) is 0 Å².